The van der Waals surface area contributed by atoms with Crippen LogP contribution in [0.1, 0.15) is 0 Å². The van der Waals surface area contributed by atoms with Gasteiger partial charge >= 0.3 is 34.7 Å². The monoisotopic (exact) mass is 384 g/mol. The van der Waals surface area contributed by atoms with Crippen molar-refractivity contribution in [2.75, 3.05) is 0 Å². The second-order valence-electron chi connectivity index (χ2n) is 0. The van der Waals surface area contributed by atoms with Gasteiger partial charge in [-0.1, -0.05) is 0 Å². The van der Waals surface area contributed by atoms with Crippen LogP contribution in [-0.2, 0) is 117 Å². The Labute approximate surface area is 148 Å². The summed E-state index contributed by atoms with van der Waals surface area (Å²) in [6.45, 7) is 0. The van der Waals surface area contributed by atoms with Crippen LogP contribution in [0.5, 0.6) is 0 Å². The zero-order valence-corrected chi connectivity index (χ0v) is 14.9. The molecule has 0 aromatic heterocycles. The Balaban J connectivity index is 0. The Morgan fingerprint density at radius 1 is 0.444 bits per heavy atom. The van der Waals surface area contributed by atoms with E-state index in [1.165, 1.54) is 0 Å². The van der Waals surface area contributed by atoms with Crippen molar-refractivity contribution < 1.29 is 117 Å². The zero-order chi connectivity index (χ0) is 0. The van der Waals surface area contributed by atoms with Crippen molar-refractivity contribution in [3.8, 4) is 0 Å². The third-order valence-corrected chi connectivity index (χ3v) is 0. The van der Waals surface area contributed by atoms with Gasteiger partial charge in [0.1, 0.15) is 0 Å². The Bertz CT molecular complexity index is 17.8. The fourth-order valence-corrected chi connectivity index (χ4v) is 0. The van der Waals surface area contributed by atoms with Crippen LogP contribution in [0.4, 0.5) is 0 Å². The predicted octanol–water partition coefficient (Wildman–Crippen LogP) is -1.13. The SMILES string of the molecule is [Al+3].[Al+3].[Cr].[Cr].[O-2].[O-2].[O-2].[Y].[Y]. The molecule has 0 aliphatic rings. The average molecular weight is 384 g/mol. The fraction of sp³-hybridized carbons (Fsp3) is 0. The fourth-order valence-electron chi connectivity index (χ4n) is 0. The summed E-state index contributed by atoms with van der Waals surface area (Å²) < 4.78 is 0. The smallest absolute Gasteiger partial charge is 2.00 e. The van der Waals surface area contributed by atoms with Crippen LogP contribution in [0.3, 0.4) is 0 Å². The van der Waals surface area contributed by atoms with Gasteiger partial charge in [0.25, 0.3) is 0 Å². The van der Waals surface area contributed by atoms with E-state index in [1.807, 2.05) is 0 Å². The van der Waals surface area contributed by atoms with Gasteiger partial charge in [0, 0.05) is 100 Å². The minimum absolute atomic E-state index is 0. The molecule has 9 heteroatoms. The van der Waals surface area contributed by atoms with E-state index in [2.05, 4.69) is 0 Å². The molecule has 0 N–H and O–H groups in total. The molecule has 0 amide bonds. The molecule has 3 nitrogen and oxygen atoms in total. The van der Waals surface area contributed by atoms with Crippen LogP contribution < -0.4 is 0 Å². The standard InChI is InChI=1S/2Al.2Cr.3O.2Y/q2*+3;;;3*-2;;. The molecule has 0 heterocycles. The maximum Gasteiger partial charge on any atom is 3.00 e. The van der Waals surface area contributed by atoms with Crippen LogP contribution in [0.15, 0.2) is 0 Å². The molecule has 0 fully saturated rings. The Morgan fingerprint density at radius 2 is 0.444 bits per heavy atom. The van der Waals surface area contributed by atoms with Gasteiger partial charge in [0.2, 0.25) is 0 Å². The molecule has 0 aliphatic heterocycles. The second kappa shape index (κ2) is 86.4. The van der Waals surface area contributed by atoms with Crippen molar-refractivity contribution in [1.29, 1.82) is 0 Å². The van der Waals surface area contributed by atoms with E-state index in [0.29, 0.717) is 0 Å². The van der Waals surface area contributed by atoms with E-state index >= 15 is 0 Å². The first-order valence-electron chi connectivity index (χ1n) is 0. The topological polar surface area (TPSA) is 85.5 Å². The third kappa shape index (κ3) is 71.7. The molecule has 42 valence electrons. The summed E-state index contributed by atoms with van der Waals surface area (Å²) >= 11 is 0. The van der Waals surface area contributed by atoms with Gasteiger partial charge in [0.05, 0.1) is 0 Å². The van der Waals surface area contributed by atoms with Crippen LogP contribution >= 0.6 is 0 Å². The molecule has 0 rings (SSSR count). The normalized spacial score (nSPS) is 0. The summed E-state index contributed by atoms with van der Waals surface area (Å²) in [6.07, 6.45) is 0. The van der Waals surface area contributed by atoms with E-state index in [1.54, 1.807) is 0 Å². The van der Waals surface area contributed by atoms with Gasteiger partial charge in [-0.3, -0.25) is 0 Å². The summed E-state index contributed by atoms with van der Waals surface area (Å²) in [6, 6.07) is 0. The summed E-state index contributed by atoms with van der Waals surface area (Å²) in [5.41, 5.74) is 0. The van der Waals surface area contributed by atoms with E-state index < -0.39 is 0 Å². The molecular formula is Al2Cr2O3Y2. The maximum atomic E-state index is 0. The Hall–Kier alpha value is 4.22. The van der Waals surface area contributed by atoms with E-state index in [-0.39, 0.29) is 151 Å². The van der Waals surface area contributed by atoms with E-state index in [4.69, 9.17) is 0 Å². The molecule has 0 saturated carbocycles. The Morgan fingerprint density at radius 3 is 0.444 bits per heavy atom. The van der Waals surface area contributed by atoms with Gasteiger partial charge in [0.15, 0.2) is 0 Å². The molecule has 0 unspecified atom stereocenters. The molecular weight excluding hydrogens is 384 g/mol. The number of hydrogen-bond acceptors (Lipinski definition) is 0. The summed E-state index contributed by atoms with van der Waals surface area (Å²) in [5, 5.41) is 0. The molecule has 0 bridgehead atoms. The third-order valence-electron chi connectivity index (χ3n) is 0. The van der Waals surface area contributed by atoms with Gasteiger partial charge in [-0.2, -0.15) is 0 Å². The summed E-state index contributed by atoms with van der Waals surface area (Å²) in [7, 11) is 0. The molecule has 2 radical (unpaired) electrons. The van der Waals surface area contributed by atoms with Crippen molar-refractivity contribution in [1.82, 2.24) is 0 Å². The van der Waals surface area contributed by atoms with Crippen molar-refractivity contribution in [2.24, 2.45) is 0 Å². The first kappa shape index (κ1) is 111. The molecule has 0 aromatic carbocycles. The van der Waals surface area contributed by atoms with Crippen LogP contribution in [0, 0.1) is 0 Å². The van der Waals surface area contributed by atoms with Gasteiger partial charge in [-0.15, -0.1) is 0 Å². The van der Waals surface area contributed by atoms with Crippen LogP contribution in [0.25, 0.3) is 0 Å². The molecule has 0 aliphatic carbocycles. The van der Waals surface area contributed by atoms with Crippen molar-refractivity contribution in [3.63, 3.8) is 0 Å². The first-order chi connectivity index (χ1) is 0. The second-order valence-corrected chi connectivity index (χ2v) is 0. The minimum atomic E-state index is 0. The van der Waals surface area contributed by atoms with Crippen LogP contribution in [-0.4, -0.2) is 34.7 Å². The van der Waals surface area contributed by atoms with Gasteiger partial charge in [-0.05, 0) is 0 Å². The molecule has 0 spiro atoms. The largest absolute Gasteiger partial charge is 3.00 e. The van der Waals surface area contributed by atoms with E-state index in [9.17, 15) is 0 Å². The molecule has 0 aromatic rings. The molecule has 0 saturated heterocycles. The minimum Gasteiger partial charge on any atom is -2.00 e. The van der Waals surface area contributed by atoms with Crippen LogP contribution in [0.2, 0.25) is 0 Å². The number of rotatable bonds is 0. The van der Waals surface area contributed by atoms with E-state index in [0.717, 1.165) is 0 Å². The maximum absolute atomic E-state index is 0. The van der Waals surface area contributed by atoms with Gasteiger partial charge < -0.3 is 16.4 Å². The van der Waals surface area contributed by atoms with Gasteiger partial charge in [-0.25, -0.2) is 0 Å². The average Bonchev–Trinajstić information content (AvgIpc) is 0. The summed E-state index contributed by atoms with van der Waals surface area (Å²) in [4.78, 5) is 0. The number of hydrogen-bond donors (Lipinski definition) is 0. The van der Waals surface area contributed by atoms with Crippen molar-refractivity contribution in [2.45, 2.75) is 0 Å². The quantitative estimate of drug-likeness (QED) is 0.474. The first-order valence-corrected chi connectivity index (χ1v) is 0. The summed E-state index contributed by atoms with van der Waals surface area (Å²) in [5.74, 6) is 0. The Kier molecular flexibility index (Phi) is 1070. The molecule has 9 heavy (non-hydrogen) atoms. The zero-order valence-electron chi connectivity index (χ0n) is 4.35. The molecule has 0 atom stereocenters. The van der Waals surface area contributed by atoms with Crippen molar-refractivity contribution >= 4 is 34.7 Å². The predicted molar refractivity (Wildman–Crippen MR) is 13.6 cm³/mol. The van der Waals surface area contributed by atoms with Crippen molar-refractivity contribution in [3.05, 3.63) is 0 Å².